The second-order valence-corrected chi connectivity index (χ2v) is 9.32. The van der Waals surface area contributed by atoms with Gasteiger partial charge in [-0.25, -0.2) is 9.97 Å². The third kappa shape index (κ3) is 5.74. The number of anilines is 2. The Balaban J connectivity index is 1.47. The van der Waals surface area contributed by atoms with E-state index >= 15 is 0 Å². The van der Waals surface area contributed by atoms with Crippen LogP contribution < -0.4 is 16.4 Å². The summed E-state index contributed by atoms with van der Waals surface area (Å²) in [6.45, 7) is 1.76. The summed E-state index contributed by atoms with van der Waals surface area (Å²) in [6, 6.07) is 10.5. The fourth-order valence-corrected chi connectivity index (χ4v) is 4.71. The highest BCUT2D eigenvalue weighted by Gasteiger charge is 2.32. The van der Waals surface area contributed by atoms with Crippen LogP contribution in [0.25, 0.3) is 11.3 Å². The first-order valence-electron chi connectivity index (χ1n) is 11.4. The SMILES string of the molecule is CO[C@H]1C[C@@H](Nc2cc(-c3cccc(NCC4(C#N)CCOCC4)n3)c(Cl)cn2)CC[C@@H]1N. The van der Waals surface area contributed by atoms with Crippen molar-refractivity contribution in [2.45, 2.75) is 50.3 Å². The van der Waals surface area contributed by atoms with Crippen molar-refractivity contribution in [1.29, 1.82) is 5.26 Å². The lowest BCUT2D eigenvalue weighted by Crippen LogP contribution is -2.45. The Bertz CT molecular complexity index is 991. The average molecular weight is 471 g/mol. The third-order valence-electron chi connectivity index (χ3n) is 6.67. The predicted molar refractivity (Wildman–Crippen MR) is 129 cm³/mol. The fraction of sp³-hybridized carbons (Fsp3) is 0.542. The van der Waals surface area contributed by atoms with E-state index in [1.54, 1.807) is 13.3 Å². The highest BCUT2D eigenvalue weighted by molar-refractivity contribution is 6.33. The number of ether oxygens (including phenoxy) is 2. The molecule has 8 nitrogen and oxygen atoms in total. The first-order chi connectivity index (χ1) is 16.0. The summed E-state index contributed by atoms with van der Waals surface area (Å²) in [5, 5.41) is 17.1. The van der Waals surface area contributed by atoms with Gasteiger partial charge in [0.2, 0.25) is 0 Å². The first kappa shape index (κ1) is 23.7. The zero-order valence-electron chi connectivity index (χ0n) is 18.9. The van der Waals surface area contributed by atoms with Gasteiger partial charge >= 0.3 is 0 Å². The zero-order chi connectivity index (χ0) is 23.3. The summed E-state index contributed by atoms with van der Waals surface area (Å²) in [4.78, 5) is 9.21. The van der Waals surface area contributed by atoms with Crippen LogP contribution in [0.2, 0.25) is 5.02 Å². The van der Waals surface area contributed by atoms with Gasteiger partial charge in [0.25, 0.3) is 0 Å². The molecule has 9 heteroatoms. The maximum Gasteiger partial charge on any atom is 0.126 e. The zero-order valence-corrected chi connectivity index (χ0v) is 19.6. The molecule has 1 aliphatic heterocycles. The molecule has 0 amide bonds. The summed E-state index contributed by atoms with van der Waals surface area (Å²) in [7, 11) is 1.71. The molecule has 2 aromatic rings. The lowest BCUT2D eigenvalue weighted by Gasteiger charge is -2.33. The molecule has 1 saturated heterocycles. The minimum Gasteiger partial charge on any atom is -0.381 e. The number of rotatable bonds is 7. The summed E-state index contributed by atoms with van der Waals surface area (Å²) in [5.41, 5.74) is 7.26. The van der Waals surface area contributed by atoms with Gasteiger partial charge in [-0.2, -0.15) is 5.26 Å². The van der Waals surface area contributed by atoms with Crippen LogP contribution in [0.5, 0.6) is 0 Å². The van der Waals surface area contributed by atoms with E-state index in [9.17, 15) is 5.26 Å². The normalized spacial score (nSPS) is 24.6. The number of methoxy groups -OCH3 is 1. The van der Waals surface area contributed by atoms with E-state index < -0.39 is 5.41 Å². The second-order valence-electron chi connectivity index (χ2n) is 8.91. The molecular formula is C24H31ClN6O2. The molecule has 2 aliphatic rings. The number of aromatic nitrogens is 2. The molecule has 1 saturated carbocycles. The van der Waals surface area contributed by atoms with Gasteiger partial charge in [-0.3, -0.25) is 0 Å². The smallest absolute Gasteiger partial charge is 0.126 e. The van der Waals surface area contributed by atoms with E-state index in [2.05, 4.69) is 21.7 Å². The van der Waals surface area contributed by atoms with Crippen molar-refractivity contribution in [3.05, 3.63) is 35.5 Å². The summed E-state index contributed by atoms with van der Waals surface area (Å²) in [5.74, 6) is 1.45. The van der Waals surface area contributed by atoms with Crippen LogP contribution >= 0.6 is 11.6 Å². The molecular weight excluding hydrogens is 440 g/mol. The quantitative estimate of drug-likeness (QED) is 0.558. The van der Waals surface area contributed by atoms with Crippen LogP contribution in [-0.4, -0.2) is 55.0 Å². The van der Waals surface area contributed by atoms with E-state index in [0.29, 0.717) is 30.6 Å². The van der Waals surface area contributed by atoms with E-state index in [1.807, 2.05) is 24.3 Å². The average Bonchev–Trinajstić information content (AvgIpc) is 2.86. The van der Waals surface area contributed by atoms with Crippen LogP contribution in [0.4, 0.5) is 11.6 Å². The van der Waals surface area contributed by atoms with Gasteiger partial charge < -0.3 is 25.8 Å². The Labute approximate surface area is 199 Å². The molecule has 2 fully saturated rings. The molecule has 1 aliphatic carbocycles. The van der Waals surface area contributed by atoms with Crippen molar-refractivity contribution in [3.63, 3.8) is 0 Å². The second kappa shape index (κ2) is 10.7. The summed E-state index contributed by atoms with van der Waals surface area (Å²) >= 11 is 6.49. The Kier molecular flexibility index (Phi) is 7.66. The van der Waals surface area contributed by atoms with Crippen LogP contribution in [0.1, 0.15) is 32.1 Å². The van der Waals surface area contributed by atoms with Crippen molar-refractivity contribution < 1.29 is 9.47 Å². The van der Waals surface area contributed by atoms with Gasteiger partial charge in [-0.05, 0) is 50.3 Å². The minimum atomic E-state index is -0.427. The van der Waals surface area contributed by atoms with Crippen LogP contribution in [0.15, 0.2) is 30.5 Å². The molecule has 0 bridgehead atoms. The van der Waals surface area contributed by atoms with Gasteiger partial charge in [0.05, 0.1) is 28.3 Å². The van der Waals surface area contributed by atoms with Crippen molar-refractivity contribution in [2.75, 3.05) is 37.5 Å². The van der Waals surface area contributed by atoms with Gasteiger partial charge in [0.1, 0.15) is 11.6 Å². The molecule has 3 heterocycles. The minimum absolute atomic E-state index is 0.0416. The molecule has 4 rings (SSSR count). The van der Waals surface area contributed by atoms with Crippen LogP contribution in [0, 0.1) is 16.7 Å². The Morgan fingerprint density at radius 3 is 2.88 bits per heavy atom. The molecule has 176 valence electrons. The highest BCUT2D eigenvalue weighted by atomic mass is 35.5. The van der Waals surface area contributed by atoms with E-state index in [4.69, 9.17) is 31.8 Å². The summed E-state index contributed by atoms with van der Waals surface area (Å²) in [6.07, 6.45) is 5.83. The lowest BCUT2D eigenvalue weighted by atomic mass is 9.82. The molecule has 0 spiro atoms. The van der Waals surface area contributed by atoms with Crippen LogP contribution in [-0.2, 0) is 9.47 Å². The summed E-state index contributed by atoms with van der Waals surface area (Å²) < 4.78 is 10.9. The molecule has 4 N–H and O–H groups in total. The monoisotopic (exact) mass is 470 g/mol. The number of nitrogens with one attached hydrogen (secondary N) is 2. The number of halogens is 1. The van der Waals surface area contributed by atoms with Crippen LogP contribution in [0.3, 0.4) is 0 Å². The van der Waals surface area contributed by atoms with Crippen molar-refractivity contribution in [2.24, 2.45) is 11.1 Å². The van der Waals surface area contributed by atoms with E-state index in [0.717, 1.165) is 49.2 Å². The fourth-order valence-electron chi connectivity index (χ4n) is 4.51. The Morgan fingerprint density at radius 1 is 1.30 bits per heavy atom. The van der Waals surface area contributed by atoms with E-state index in [1.165, 1.54) is 0 Å². The lowest BCUT2D eigenvalue weighted by molar-refractivity contribution is 0.0455. The number of nitriles is 1. The molecule has 0 unspecified atom stereocenters. The third-order valence-corrected chi connectivity index (χ3v) is 6.97. The molecule has 2 aromatic heterocycles. The number of hydrogen-bond acceptors (Lipinski definition) is 8. The maximum absolute atomic E-state index is 9.69. The highest BCUT2D eigenvalue weighted by Crippen LogP contribution is 2.32. The predicted octanol–water partition coefficient (Wildman–Crippen LogP) is 3.84. The van der Waals surface area contributed by atoms with Crippen molar-refractivity contribution >= 4 is 23.2 Å². The number of pyridine rings is 2. The Hall–Kier alpha value is -2.44. The maximum atomic E-state index is 9.69. The molecule has 3 atom stereocenters. The van der Waals surface area contributed by atoms with Gasteiger partial charge in [-0.1, -0.05) is 17.7 Å². The number of nitrogens with zero attached hydrogens (tertiary/aromatic N) is 3. The first-order valence-corrected chi connectivity index (χ1v) is 11.8. The topological polar surface area (TPSA) is 118 Å². The van der Waals surface area contributed by atoms with Gasteiger partial charge in [0.15, 0.2) is 0 Å². The van der Waals surface area contributed by atoms with E-state index in [-0.39, 0.29) is 18.2 Å². The van der Waals surface area contributed by atoms with Gasteiger partial charge in [0, 0.05) is 50.7 Å². The van der Waals surface area contributed by atoms with Crippen molar-refractivity contribution in [3.8, 4) is 17.3 Å². The van der Waals surface area contributed by atoms with Gasteiger partial charge in [-0.15, -0.1) is 0 Å². The number of nitrogens with two attached hydrogens (primary N) is 1. The molecule has 0 aromatic carbocycles. The largest absolute Gasteiger partial charge is 0.381 e. The molecule has 33 heavy (non-hydrogen) atoms. The standard InChI is InChI=1S/C24H31ClN6O2/c1-32-21-11-16(5-6-19(21)27)30-23-12-17(18(25)13-28-23)20-3-2-4-22(31-20)29-15-24(14-26)7-9-33-10-8-24/h2-4,12-13,16,19,21H,5-11,15,27H2,1H3,(H,28,30)(H,29,31)/t16-,19-,21-/m0/s1. The Morgan fingerprint density at radius 2 is 2.12 bits per heavy atom. The van der Waals surface area contributed by atoms with Crippen molar-refractivity contribution in [1.82, 2.24) is 9.97 Å². The molecule has 0 radical (unpaired) electrons. The number of hydrogen-bond donors (Lipinski definition) is 3.